The lowest BCUT2D eigenvalue weighted by Gasteiger charge is -2.07. The van der Waals surface area contributed by atoms with Gasteiger partial charge >= 0.3 is 7.12 Å². The van der Waals surface area contributed by atoms with Crippen LogP contribution in [0.5, 0.6) is 5.75 Å². The smallest absolute Gasteiger partial charge is 0.488 e. The summed E-state index contributed by atoms with van der Waals surface area (Å²) in [6.45, 7) is 1.65. The molecule has 0 saturated heterocycles. The Labute approximate surface area is 75.9 Å². The zero-order chi connectivity index (χ0) is 10.0. The number of hydrogen-bond acceptors (Lipinski definition) is 3. The molecule has 2 N–H and O–H groups in total. The fraction of sp³-hybridized carbons (Fsp3) is 0.250. The number of hydrogen-bond donors (Lipinski definition) is 2. The third-order valence-corrected chi connectivity index (χ3v) is 1.82. The predicted octanol–water partition coefficient (Wildman–Crippen LogP) is -0.177. The van der Waals surface area contributed by atoms with Gasteiger partial charge in [-0.25, -0.2) is 4.39 Å². The second-order valence-electron chi connectivity index (χ2n) is 2.72. The maximum absolute atomic E-state index is 13.0. The van der Waals surface area contributed by atoms with Crippen LogP contribution in [0.4, 0.5) is 4.39 Å². The molecule has 1 rings (SSSR count). The van der Waals surface area contributed by atoms with Crippen molar-refractivity contribution in [3.63, 3.8) is 0 Å². The van der Waals surface area contributed by atoms with E-state index in [1.807, 2.05) is 0 Å². The third-order valence-electron chi connectivity index (χ3n) is 1.82. The molecule has 0 aliphatic heterocycles. The average molecular weight is 184 g/mol. The van der Waals surface area contributed by atoms with Gasteiger partial charge in [0.25, 0.3) is 0 Å². The second-order valence-corrected chi connectivity index (χ2v) is 2.72. The predicted molar refractivity (Wildman–Crippen MR) is 47.5 cm³/mol. The summed E-state index contributed by atoms with van der Waals surface area (Å²) < 4.78 is 17.8. The molecule has 0 atom stereocenters. The molecule has 0 radical (unpaired) electrons. The molecule has 0 aliphatic rings. The maximum atomic E-state index is 13.0. The van der Waals surface area contributed by atoms with Crippen molar-refractivity contribution in [2.45, 2.75) is 6.92 Å². The van der Waals surface area contributed by atoms with E-state index in [9.17, 15) is 4.39 Å². The van der Waals surface area contributed by atoms with Crippen LogP contribution in [0.3, 0.4) is 0 Å². The summed E-state index contributed by atoms with van der Waals surface area (Å²) in [5.74, 6) is -0.502. The van der Waals surface area contributed by atoms with Crippen LogP contribution in [-0.2, 0) is 0 Å². The molecule has 5 heteroatoms. The minimum absolute atomic E-state index is 0.0990. The zero-order valence-electron chi connectivity index (χ0n) is 7.41. The molecule has 0 saturated carbocycles. The number of rotatable bonds is 2. The van der Waals surface area contributed by atoms with Gasteiger partial charge in [-0.1, -0.05) is 0 Å². The third kappa shape index (κ3) is 1.99. The van der Waals surface area contributed by atoms with E-state index in [0.717, 1.165) is 6.07 Å². The first-order chi connectivity index (χ1) is 6.06. The Bertz CT molecular complexity index is 315. The lowest BCUT2D eigenvalue weighted by atomic mass is 9.77. The highest BCUT2D eigenvalue weighted by Gasteiger charge is 2.17. The summed E-state index contributed by atoms with van der Waals surface area (Å²) in [5, 5.41) is 17.7. The number of aryl methyl sites for hydroxylation is 1. The fourth-order valence-electron chi connectivity index (χ4n) is 1.11. The van der Waals surface area contributed by atoms with Crippen LogP contribution in [0, 0.1) is 12.7 Å². The first-order valence-electron chi connectivity index (χ1n) is 3.76. The van der Waals surface area contributed by atoms with Crippen LogP contribution in [0.1, 0.15) is 5.56 Å². The van der Waals surface area contributed by atoms with Gasteiger partial charge in [-0.3, -0.25) is 0 Å². The molecule has 0 bridgehead atoms. The van der Waals surface area contributed by atoms with E-state index in [-0.39, 0.29) is 11.2 Å². The minimum atomic E-state index is -1.65. The summed E-state index contributed by atoms with van der Waals surface area (Å²) in [7, 11) is -0.298. The Morgan fingerprint density at radius 3 is 2.46 bits per heavy atom. The highest BCUT2D eigenvalue weighted by molar-refractivity contribution is 6.59. The highest BCUT2D eigenvalue weighted by Crippen LogP contribution is 2.16. The summed E-state index contributed by atoms with van der Waals surface area (Å²) >= 11 is 0. The van der Waals surface area contributed by atoms with Crippen LogP contribution in [-0.4, -0.2) is 24.3 Å². The summed E-state index contributed by atoms with van der Waals surface area (Å²) in [5.41, 5.74) is 0.728. The minimum Gasteiger partial charge on any atom is -0.494 e. The molecule has 70 valence electrons. The van der Waals surface area contributed by atoms with Crippen LogP contribution < -0.4 is 10.2 Å². The standard InChI is InChI=1S/C8H10BFO3/c1-5-3-8(13-2)7(10)4-6(5)9(11)12/h3-4,11-12H,1-2H3. The lowest BCUT2D eigenvalue weighted by molar-refractivity contribution is 0.385. The Morgan fingerprint density at radius 2 is 2.00 bits per heavy atom. The topological polar surface area (TPSA) is 49.7 Å². The Morgan fingerprint density at radius 1 is 1.38 bits per heavy atom. The van der Waals surface area contributed by atoms with Gasteiger partial charge in [-0.2, -0.15) is 0 Å². The second kappa shape index (κ2) is 3.76. The van der Waals surface area contributed by atoms with Crippen LogP contribution in [0.25, 0.3) is 0 Å². The average Bonchev–Trinajstić information content (AvgIpc) is 2.07. The van der Waals surface area contributed by atoms with Crippen molar-refractivity contribution in [1.29, 1.82) is 0 Å². The number of ether oxygens (including phenoxy) is 1. The van der Waals surface area contributed by atoms with E-state index >= 15 is 0 Å². The molecule has 0 heterocycles. The van der Waals surface area contributed by atoms with Crippen molar-refractivity contribution in [1.82, 2.24) is 0 Å². The van der Waals surface area contributed by atoms with Crippen molar-refractivity contribution in [3.8, 4) is 5.75 Å². The molecule has 3 nitrogen and oxygen atoms in total. The molecule has 0 spiro atoms. The number of halogens is 1. The summed E-state index contributed by atoms with van der Waals surface area (Å²) in [6, 6.07) is 2.48. The first kappa shape index (κ1) is 10.0. The molecule has 0 fully saturated rings. The highest BCUT2D eigenvalue weighted by atomic mass is 19.1. The summed E-state index contributed by atoms with van der Waals surface area (Å²) in [6.07, 6.45) is 0. The molecular formula is C8H10BFO3. The van der Waals surface area contributed by atoms with Crippen molar-refractivity contribution in [2.24, 2.45) is 0 Å². The van der Waals surface area contributed by atoms with Crippen LogP contribution in [0.2, 0.25) is 0 Å². The van der Waals surface area contributed by atoms with Gasteiger partial charge in [0.1, 0.15) is 0 Å². The van der Waals surface area contributed by atoms with Gasteiger partial charge < -0.3 is 14.8 Å². The molecule has 0 aromatic heterocycles. The lowest BCUT2D eigenvalue weighted by Crippen LogP contribution is -2.32. The van der Waals surface area contributed by atoms with E-state index in [1.165, 1.54) is 13.2 Å². The van der Waals surface area contributed by atoms with Crippen LogP contribution >= 0.6 is 0 Å². The Hall–Kier alpha value is -1.07. The van der Waals surface area contributed by atoms with Crippen molar-refractivity contribution in [2.75, 3.05) is 7.11 Å². The van der Waals surface area contributed by atoms with Crippen LogP contribution in [0.15, 0.2) is 12.1 Å². The molecule has 1 aromatic rings. The molecular weight excluding hydrogens is 174 g/mol. The van der Waals surface area contributed by atoms with E-state index in [2.05, 4.69) is 0 Å². The molecule has 0 aliphatic carbocycles. The fourth-order valence-corrected chi connectivity index (χ4v) is 1.11. The Kier molecular flexibility index (Phi) is 2.90. The van der Waals surface area contributed by atoms with Gasteiger partial charge in [0.2, 0.25) is 0 Å². The molecule has 0 unspecified atom stereocenters. The molecule has 13 heavy (non-hydrogen) atoms. The SMILES string of the molecule is COc1cc(C)c(B(O)O)cc1F. The normalized spacial score (nSPS) is 9.92. The Balaban J connectivity index is 3.20. The quantitative estimate of drug-likeness (QED) is 0.627. The summed E-state index contributed by atoms with van der Waals surface area (Å²) in [4.78, 5) is 0. The van der Waals surface area contributed by atoms with Gasteiger partial charge in [0, 0.05) is 0 Å². The monoisotopic (exact) mass is 184 g/mol. The van der Waals surface area contributed by atoms with E-state index in [4.69, 9.17) is 14.8 Å². The van der Waals surface area contributed by atoms with Crippen molar-refractivity contribution < 1.29 is 19.2 Å². The van der Waals surface area contributed by atoms with E-state index < -0.39 is 12.9 Å². The van der Waals surface area contributed by atoms with Gasteiger partial charge in [-0.15, -0.1) is 0 Å². The largest absolute Gasteiger partial charge is 0.494 e. The zero-order valence-corrected chi connectivity index (χ0v) is 7.41. The number of methoxy groups -OCH3 is 1. The maximum Gasteiger partial charge on any atom is 0.488 e. The van der Waals surface area contributed by atoms with Crippen molar-refractivity contribution in [3.05, 3.63) is 23.5 Å². The van der Waals surface area contributed by atoms with E-state index in [0.29, 0.717) is 5.56 Å². The molecule has 1 aromatic carbocycles. The number of benzene rings is 1. The van der Waals surface area contributed by atoms with Gasteiger partial charge in [0.05, 0.1) is 7.11 Å². The molecule has 0 amide bonds. The first-order valence-corrected chi connectivity index (χ1v) is 3.76. The van der Waals surface area contributed by atoms with Gasteiger partial charge in [-0.05, 0) is 30.1 Å². The van der Waals surface area contributed by atoms with Crippen molar-refractivity contribution >= 4 is 12.6 Å². The van der Waals surface area contributed by atoms with Gasteiger partial charge in [0.15, 0.2) is 11.6 Å². The van der Waals surface area contributed by atoms with E-state index in [1.54, 1.807) is 6.92 Å².